The summed E-state index contributed by atoms with van der Waals surface area (Å²) in [5.74, 6) is -0.230. The number of rotatable bonds is 5. The van der Waals surface area contributed by atoms with Crippen LogP contribution in [0.2, 0.25) is 0 Å². The van der Waals surface area contributed by atoms with E-state index >= 15 is 0 Å². The van der Waals surface area contributed by atoms with Gasteiger partial charge < -0.3 is 10.1 Å². The molecule has 0 unspecified atom stereocenters. The van der Waals surface area contributed by atoms with Crippen LogP contribution in [0.5, 0.6) is 0 Å². The zero-order valence-corrected chi connectivity index (χ0v) is 11.0. The van der Waals surface area contributed by atoms with Crippen LogP contribution in [-0.2, 0) is 16.1 Å². The van der Waals surface area contributed by atoms with Crippen LogP contribution in [-0.4, -0.2) is 12.0 Å². The molecule has 1 aromatic carbocycles. The second kappa shape index (κ2) is 6.28. The van der Waals surface area contributed by atoms with Crippen molar-refractivity contribution in [3.63, 3.8) is 0 Å². The second-order valence-electron chi connectivity index (χ2n) is 4.76. The summed E-state index contributed by atoms with van der Waals surface area (Å²) in [4.78, 5) is 11.3. The van der Waals surface area contributed by atoms with Crippen molar-refractivity contribution >= 4 is 11.7 Å². The molecule has 1 N–H and O–H groups in total. The van der Waals surface area contributed by atoms with Crippen molar-refractivity contribution in [1.82, 2.24) is 0 Å². The molecule has 0 aliphatic carbocycles. The molecule has 0 aromatic heterocycles. The van der Waals surface area contributed by atoms with Crippen LogP contribution >= 0.6 is 0 Å². The maximum Gasteiger partial charge on any atom is 0.308 e. The Morgan fingerprint density at radius 2 is 1.76 bits per heavy atom. The standard InChI is InChI=1S/C14H21NO2/c1-10(2)14(16)17-9-12-5-7-13(8-6-12)15-11(3)4/h5-8,10-11,15H,9H2,1-4H3. The lowest BCUT2D eigenvalue weighted by molar-refractivity contribution is -0.148. The molecule has 0 heterocycles. The molecule has 0 aliphatic heterocycles. The lowest BCUT2D eigenvalue weighted by atomic mass is 10.2. The van der Waals surface area contributed by atoms with Crippen LogP contribution in [0, 0.1) is 5.92 Å². The highest BCUT2D eigenvalue weighted by Crippen LogP contribution is 2.12. The Labute approximate surface area is 103 Å². The van der Waals surface area contributed by atoms with Gasteiger partial charge in [-0.1, -0.05) is 26.0 Å². The number of ether oxygens (including phenoxy) is 1. The number of carbonyl (C=O) groups excluding carboxylic acids is 1. The molecular formula is C14H21NO2. The van der Waals surface area contributed by atoms with E-state index in [0.29, 0.717) is 12.6 Å². The minimum absolute atomic E-state index is 0.0723. The first-order valence-electron chi connectivity index (χ1n) is 6.01. The minimum atomic E-state index is -0.158. The van der Waals surface area contributed by atoms with Crippen LogP contribution < -0.4 is 5.32 Å². The van der Waals surface area contributed by atoms with Gasteiger partial charge in [0.05, 0.1) is 5.92 Å². The van der Waals surface area contributed by atoms with Gasteiger partial charge >= 0.3 is 5.97 Å². The molecule has 0 saturated carbocycles. The van der Waals surface area contributed by atoms with E-state index in [4.69, 9.17) is 4.74 Å². The van der Waals surface area contributed by atoms with Gasteiger partial charge in [0.1, 0.15) is 6.61 Å². The third-order valence-electron chi connectivity index (χ3n) is 2.26. The number of benzene rings is 1. The molecule has 0 aliphatic rings. The molecule has 0 spiro atoms. The van der Waals surface area contributed by atoms with Crippen LogP contribution in [0.1, 0.15) is 33.3 Å². The highest BCUT2D eigenvalue weighted by atomic mass is 16.5. The largest absolute Gasteiger partial charge is 0.461 e. The molecule has 3 heteroatoms. The number of hydrogen-bond acceptors (Lipinski definition) is 3. The smallest absolute Gasteiger partial charge is 0.308 e. The molecular weight excluding hydrogens is 214 g/mol. The number of hydrogen-bond donors (Lipinski definition) is 1. The van der Waals surface area contributed by atoms with E-state index in [9.17, 15) is 4.79 Å². The Hall–Kier alpha value is -1.51. The van der Waals surface area contributed by atoms with Crippen LogP contribution in [0.3, 0.4) is 0 Å². The average Bonchev–Trinajstić information content (AvgIpc) is 2.26. The van der Waals surface area contributed by atoms with E-state index in [0.717, 1.165) is 11.3 Å². The van der Waals surface area contributed by atoms with E-state index in [1.165, 1.54) is 0 Å². The molecule has 3 nitrogen and oxygen atoms in total. The predicted molar refractivity (Wildman–Crippen MR) is 69.8 cm³/mol. The fourth-order valence-electron chi connectivity index (χ4n) is 1.35. The number of esters is 1. The van der Waals surface area contributed by atoms with Gasteiger partial charge in [0.25, 0.3) is 0 Å². The van der Waals surface area contributed by atoms with Gasteiger partial charge in [0.15, 0.2) is 0 Å². The summed E-state index contributed by atoms with van der Waals surface area (Å²) in [6.45, 7) is 8.20. The molecule has 1 aromatic rings. The van der Waals surface area contributed by atoms with E-state index in [2.05, 4.69) is 19.2 Å². The Kier molecular flexibility index (Phi) is 5.01. The molecule has 17 heavy (non-hydrogen) atoms. The first-order chi connectivity index (χ1) is 7.99. The fraction of sp³-hybridized carbons (Fsp3) is 0.500. The SMILES string of the molecule is CC(C)Nc1ccc(COC(=O)C(C)C)cc1. The normalized spacial score (nSPS) is 10.7. The summed E-state index contributed by atoms with van der Waals surface area (Å²) < 4.78 is 5.15. The topological polar surface area (TPSA) is 38.3 Å². The summed E-state index contributed by atoms with van der Waals surface area (Å²) in [5.41, 5.74) is 2.09. The Morgan fingerprint density at radius 1 is 1.18 bits per heavy atom. The van der Waals surface area contributed by atoms with Crippen LogP contribution in [0.25, 0.3) is 0 Å². The van der Waals surface area contributed by atoms with Gasteiger partial charge in [0.2, 0.25) is 0 Å². The van der Waals surface area contributed by atoms with E-state index in [1.807, 2.05) is 38.1 Å². The van der Waals surface area contributed by atoms with Crippen molar-refractivity contribution in [2.75, 3.05) is 5.32 Å². The monoisotopic (exact) mass is 235 g/mol. The summed E-state index contributed by atoms with van der Waals surface area (Å²) in [6.07, 6.45) is 0. The molecule has 1 rings (SSSR count). The molecule has 94 valence electrons. The van der Waals surface area contributed by atoms with E-state index in [-0.39, 0.29) is 11.9 Å². The number of nitrogens with one attached hydrogen (secondary N) is 1. The molecule has 0 bridgehead atoms. The first kappa shape index (κ1) is 13.6. The molecule has 0 fully saturated rings. The summed E-state index contributed by atoms with van der Waals surface area (Å²) in [7, 11) is 0. The van der Waals surface area contributed by atoms with Crippen LogP contribution in [0.4, 0.5) is 5.69 Å². The van der Waals surface area contributed by atoms with Gasteiger partial charge in [-0.15, -0.1) is 0 Å². The van der Waals surface area contributed by atoms with Crippen molar-refractivity contribution in [3.05, 3.63) is 29.8 Å². The Balaban J connectivity index is 2.48. The van der Waals surface area contributed by atoms with E-state index in [1.54, 1.807) is 0 Å². The zero-order chi connectivity index (χ0) is 12.8. The first-order valence-corrected chi connectivity index (χ1v) is 6.01. The maximum absolute atomic E-state index is 11.3. The molecule has 0 radical (unpaired) electrons. The lowest BCUT2D eigenvalue weighted by Crippen LogP contribution is -2.11. The molecule has 0 amide bonds. The van der Waals surface area contributed by atoms with Crippen LogP contribution in [0.15, 0.2) is 24.3 Å². The fourth-order valence-corrected chi connectivity index (χ4v) is 1.35. The lowest BCUT2D eigenvalue weighted by Gasteiger charge is -2.11. The van der Waals surface area contributed by atoms with Crippen molar-refractivity contribution in [3.8, 4) is 0 Å². The van der Waals surface area contributed by atoms with Crippen molar-refractivity contribution in [2.45, 2.75) is 40.3 Å². The zero-order valence-electron chi connectivity index (χ0n) is 11.0. The molecule has 0 atom stereocenters. The van der Waals surface area contributed by atoms with Gasteiger partial charge in [-0.2, -0.15) is 0 Å². The van der Waals surface area contributed by atoms with Gasteiger partial charge in [-0.25, -0.2) is 0 Å². The highest BCUT2D eigenvalue weighted by Gasteiger charge is 2.07. The summed E-state index contributed by atoms with van der Waals surface area (Å²) >= 11 is 0. The minimum Gasteiger partial charge on any atom is -0.461 e. The Bertz CT molecular complexity index is 355. The van der Waals surface area contributed by atoms with Crippen molar-refractivity contribution in [2.24, 2.45) is 5.92 Å². The quantitative estimate of drug-likeness (QED) is 0.796. The van der Waals surface area contributed by atoms with Crippen molar-refractivity contribution < 1.29 is 9.53 Å². The van der Waals surface area contributed by atoms with Gasteiger partial charge in [-0.3, -0.25) is 4.79 Å². The highest BCUT2D eigenvalue weighted by molar-refractivity contribution is 5.71. The average molecular weight is 235 g/mol. The second-order valence-corrected chi connectivity index (χ2v) is 4.76. The Morgan fingerprint density at radius 3 is 2.24 bits per heavy atom. The summed E-state index contributed by atoms with van der Waals surface area (Å²) in [5, 5.41) is 3.31. The number of anilines is 1. The van der Waals surface area contributed by atoms with Crippen molar-refractivity contribution in [1.29, 1.82) is 0 Å². The molecule has 0 saturated heterocycles. The number of carbonyl (C=O) groups is 1. The van der Waals surface area contributed by atoms with E-state index < -0.39 is 0 Å². The maximum atomic E-state index is 11.3. The summed E-state index contributed by atoms with van der Waals surface area (Å²) in [6, 6.07) is 8.35. The predicted octanol–water partition coefficient (Wildman–Crippen LogP) is 3.21. The van der Waals surface area contributed by atoms with Gasteiger partial charge in [0, 0.05) is 11.7 Å². The third kappa shape index (κ3) is 4.89. The third-order valence-corrected chi connectivity index (χ3v) is 2.26. The van der Waals surface area contributed by atoms with Gasteiger partial charge in [-0.05, 0) is 31.5 Å².